The zero-order valence-corrected chi connectivity index (χ0v) is 7.59. The van der Waals surface area contributed by atoms with Crippen LogP contribution >= 0.6 is 23.1 Å². The fraction of sp³-hybridized carbons (Fsp3) is 0.500. The molecule has 10 heavy (non-hydrogen) atoms. The summed E-state index contributed by atoms with van der Waals surface area (Å²) in [6.45, 7) is 0. The Morgan fingerprint density at radius 3 is 3.10 bits per heavy atom. The van der Waals surface area contributed by atoms with Crippen LogP contribution in [0.5, 0.6) is 5.88 Å². The largest absolute Gasteiger partial charge is 0.480 e. The second kappa shape index (κ2) is 3.83. The van der Waals surface area contributed by atoms with Gasteiger partial charge in [-0.1, -0.05) is 0 Å². The van der Waals surface area contributed by atoms with Gasteiger partial charge in [0.2, 0.25) is 5.88 Å². The number of ether oxygens (including phenoxy) is 1. The average molecular weight is 175 g/mol. The average Bonchev–Trinajstić information content (AvgIpc) is 2.37. The van der Waals surface area contributed by atoms with E-state index in [0.29, 0.717) is 0 Å². The summed E-state index contributed by atoms with van der Waals surface area (Å²) in [5, 5.41) is 3.05. The van der Waals surface area contributed by atoms with Crippen LogP contribution in [0.2, 0.25) is 0 Å². The van der Waals surface area contributed by atoms with Gasteiger partial charge in [0.1, 0.15) is 5.01 Å². The molecule has 0 N–H and O–H groups in total. The first-order chi connectivity index (χ1) is 4.86. The van der Waals surface area contributed by atoms with Crippen molar-refractivity contribution in [2.75, 3.05) is 13.4 Å². The van der Waals surface area contributed by atoms with Gasteiger partial charge in [0.25, 0.3) is 0 Å². The number of thioether (sulfide) groups is 1. The lowest BCUT2D eigenvalue weighted by Crippen LogP contribution is -1.82. The third-order valence-electron chi connectivity index (χ3n) is 1.01. The summed E-state index contributed by atoms with van der Waals surface area (Å²) in [6, 6.07) is 0. The van der Waals surface area contributed by atoms with Gasteiger partial charge in [0.15, 0.2) is 0 Å². The zero-order chi connectivity index (χ0) is 7.40. The van der Waals surface area contributed by atoms with Crippen molar-refractivity contribution in [1.29, 1.82) is 0 Å². The molecular weight excluding hydrogens is 166 g/mol. The summed E-state index contributed by atoms with van der Waals surface area (Å²) in [4.78, 5) is 4.19. The summed E-state index contributed by atoms with van der Waals surface area (Å²) in [5.74, 6) is 1.71. The number of hydrogen-bond acceptors (Lipinski definition) is 4. The Bertz CT molecular complexity index is 199. The topological polar surface area (TPSA) is 22.1 Å². The first-order valence-corrected chi connectivity index (χ1v) is 5.11. The van der Waals surface area contributed by atoms with Gasteiger partial charge in [0, 0.05) is 5.75 Å². The van der Waals surface area contributed by atoms with Crippen molar-refractivity contribution in [2.24, 2.45) is 0 Å². The molecule has 0 aliphatic heterocycles. The van der Waals surface area contributed by atoms with Crippen LogP contribution in [0.4, 0.5) is 0 Å². The van der Waals surface area contributed by atoms with E-state index in [2.05, 4.69) is 11.2 Å². The van der Waals surface area contributed by atoms with Gasteiger partial charge in [-0.05, 0) is 6.26 Å². The van der Waals surface area contributed by atoms with E-state index in [1.165, 1.54) is 0 Å². The summed E-state index contributed by atoms with van der Waals surface area (Å²) in [6.07, 6.45) is 2.06. The van der Waals surface area contributed by atoms with E-state index >= 15 is 0 Å². The van der Waals surface area contributed by atoms with Crippen LogP contribution in [0.25, 0.3) is 0 Å². The number of thiazole rings is 1. The minimum absolute atomic E-state index is 0.731. The van der Waals surface area contributed by atoms with Crippen molar-refractivity contribution in [3.8, 4) is 5.88 Å². The fourth-order valence-electron chi connectivity index (χ4n) is 0.578. The molecule has 1 aromatic rings. The maximum absolute atomic E-state index is 4.93. The molecule has 0 fully saturated rings. The maximum atomic E-state index is 4.93. The third kappa shape index (κ3) is 1.88. The molecule has 56 valence electrons. The van der Waals surface area contributed by atoms with E-state index in [-0.39, 0.29) is 0 Å². The Morgan fingerprint density at radius 2 is 2.60 bits per heavy atom. The lowest BCUT2D eigenvalue weighted by atomic mass is 10.8. The molecular formula is C6H9NOS2. The summed E-state index contributed by atoms with van der Waals surface area (Å²) in [5.41, 5.74) is 0. The van der Waals surface area contributed by atoms with Gasteiger partial charge in [-0.2, -0.15) is 11.8 Å². The number of hydrogen-bond donors (Lipinski definition) is 0. The minimum Gasteiger partial charge on any atom is -0.480 e. The van der Waals surface area contributed by atoms with Crippen molar-refractivity contribution >= 4 is 23.1 Å². The lowest BCUT2D eigenvalue weighted by molar-refractivity contribution is 0.400. The van der Waals surface area contributed by atoms with Gasteiger partial charge >= 0.3 is 0 Å². The standard InChI is InChI=1S/C6H9NOS2/c1-8-5-3-10-6(7-5)4-9-2/h3H,4H2,1-2H3. The van der Waals surface area contributed by atoms with Gasteiger partial charge in [0.05, 0.1) is 12.5 Å². The third-order valence-corrected chi connectivity index (χ3v) is 2.58. The second-order valence-corrected chi connectivity index (χ2v) is 3.53. The van der Waals surface area contributed by atoms with E-state index < -0.39 is 0 Å². The van der Waals surface area contributed by atoms with Gasteiger partial charge in [-0.3, -0.25) is 0 Å². The number of methoxy groups -OCH3 is 1. The van der Waals surface area contributed by atoms with Crippen LogP contribution in [0.15, 0.2) is 5.38 Å². The lowest BCUT2D eigenvalue weighted by Gasteiger charge is -1.89. The van der Waals surface area contributed by atoms with Gasteiger partial charge < -0.3 is 4.74 Å². The Morgan fingerprint density at radius 1 is 1.80 bits per heavy atom. The first kappa shape index (κ1) is 7.88. The number of nitrogens with zero attached hydrogens (tertiary/aromatic N) is 1. The van der Waals surface area contributed by atoms with E-state index in [4.69, 9.17) is 4.74 Å². The highest BCUT2D eigenvalue weighted by molar-refractivity contribution is 7.97. The molecule has 0 atom stereocenters. The minimum atomic E-state index is 0.731. The Balaban J connectivity index is 2.59. The number of aromatic nitrogens is 1. The van der Waals surface area contributed by atoms with Crippen molar-refractivity contribution in [2.45, 2.75) is 5.75 Å². The molecule has 0 spiro atoms. The molecule has 0 unspecified atom stereocenters. The molecule has 0 amide bonds. The smallest absolute Gasteiger partial charge is 0.224 e. The van der Waals surface area contributed by atoms with Crippen LogP contribution < -0.4 is 4.74 Å². The van der Waals surface area contributed by atoms with Crippen molar-refractivity contribution in [3.05, 3.63) is 10.4 Å². The van der Waals surface area contributed by atoms with Crippen LogP contribution in [0.1, 0.15) is 5.01 Å². The highest BCUT2D eigenvalue weighted by Gasteiger charge is 1.98. The Kier molecular flexibility index (Phi) is 3.02. The molecule has 1 aromatic heterocycles. The van der Waals surface area contributed by atoms with Crippen molar-refractivity contribution in [3.63, 3.8) is 0 Å². The SMILES string of the molecule is COc1csc(CSC)n1. The number of rotatable bonds is 3. The van der Waals surface area contributed by atoms with E-state index in [1.54, 1.807) is 30.2 Å². The molecule has 0 aliphatic rings. The van der Waals surface area contributed by atoms with Crippen LogP contribution in [-0.2, 0) is 5.75 Å². The maximum Gasteiger partial charge on any atom is 0.224 e. The summed E-state index contributed by atoms with van der Waals surface area (Å²) < 4.78 is 4.93. The summed E-state index contributed by atoms with van der Waals surface area (Å²) >= 11 is 3.41. The predicted molar refractivity (Wildman–Crippen MR) is 45.9 cm³/mol. The highest BCUT2D eigenvalue weighted by Crippen LogP contribution is 2.18. The normalized spacial score (nSPS) is 9.80. The quantitative estimate of drug-likeness (QED) is 0.701. The van der Waals surface area contributed by atoms with Crippen LogP contribution in [0, 0.1) is 0 Å². The molecule has 0 saturated heterocycles. The van der Waals surface area contributed by atoms with Gasteiger partial charge in [-0.15, -0.1) is 11.3 Å². The molecule has 1 heterocycles. The second-order valence-electron chi connectivity index (χ2n) is 1.72. The molecule has 0 saturated carbocycles. The molecule has 1 rings (SSSR count). The van der Waals surface area contributed by atoms with Crippen LogP contribution in [0.3, 0.4) is 0 Å². The van der Waals surface area contributed by atoms with Crippen molar-refractivity contribution in [1.82, 2.24) is 4.98 Å². The summed E-state index contributed by atoms with van der Waals surface area (Å²) in [7, 11) is 1.64. The van der Waals surface area contributed by atoms with E-state index in [9.17, 15) is 0 Å². The Hall–Kier alpha value is -0.220. The molecule has 0 aliphatic carbocycles. The first-order valence-electron chi connectivity index (χ1n) is 2.84. The molecule has 2 nitrogen and oxygen atoms in total. The fourth-order valence-corrected chi connectivity index (χ4v) is 2.04. The molecule has 4 heteroatoms. The Labute approximate surface area is 68.6 Å². The highest BCUT2D eigenvalue weighted by atomic mass is 32.2. The zero-order valence-electron chi connectivity index (χ0n) is 5.96. The predicted octanol–water partition coefficient (Wildman–Crippen LogP) is 2.01. The molecule has 0 radical (unpaired) electrons. The van der Waals surface area contributed by atoms with Gasteiger partial charge in [-0.25, -0.2) is 4.98 Å². The molecule has 0 bridgehead atoms. The van der Waals surface area contributed by atoms with E-state index in [0.717, 1.165) is 16.6 Å². The van der Waals surface area contributed by atoms with Crippen LogP contribution in [-0.4, -0.2) is 18.3 Å². The van der Waals surface area contributed by atoms with Crippen molar-refractivity contribution < 1.29 is 4.74 Å². The van der Waals surface area contributed by atoms with E-state index in [1.807, 2.05) is 5.38 Å². The molecule has 0 aromatic carbocycles. The monoisotopic (exact) mass is 175 g/mol.